The molecule has 0 bridgehead atoms. The summed E-state index contributed by atoms with van der Waals surface area (Å²) in [6.45, 7) is 3.35. The monoisotopic (exact) mass is 315 g/mol. The second-order valence-electron chi connectivity index (χ2n) is 4.14. The van der Waals surface area contributed by atoms with E-state index in [0.29, 0.717) is 22.3 Å². The van der Waals surface area contributed by atoms with Gasteiger partial charge in [-0.05, 0) is 29.0 Å². The number of benzene rings is 1. The molecule has 108 valence electrons. The molecule has 8 heteroatoms. The first kappa shape index (κ1) is 14.9. The third-order valence-corrected chi connectivity index (χ3v) is 3.26. The maximum atomic E-state index is 6.08. The fraction of sp³-hybridized carbons (Fsp3) is 0.417. The maximum absolute atomic E-state index is 6.08. The highest BCUT2D eigenvalue weighted by Crippen LogP contribution is 2.35. The number of anilines is 1. The summed E-state index contributed by atoms with van der Waals surface area (Å²) in [4.78, 5) is 0. The Morgan fingerprint density at radius 1 is 1.30 bits per heavy atom. The lowest BCUT2D eigenvalue weighted by atomic mass is 10.3. The van der Waals surface area contributed by atoms with E-state index in [0.717, 1.165) is 24.5 Å². The van der Waals surface area contributed by atoms with Crippen LogP contribution >= 0.6 is 23.2 Å². The van der Waals surface area contributed by atoms with E-state index in [1.165, 1.54) is 7.11 Å². The largest absolute Gasteiger partial charge is 0.494 e. The van der Waals surface area contributed by atoms with Crippen molar-refractivity contribution in [2.24, 2.45) is 0 Å². The van der Waals surface area contributed by atoms with Gasteiger partial charge in [-0.25, -0.2) is 4.68 Å². The molecular weight excluding hydrogens is 301 g/mol. The molecule has 0 saturated heterocycles. The second kappa shape index (κ2) is 6.76. The van der Waals surface area contributed by atoms with E-state index in [1.807, 2.05) is 0 Å². The lowest BCUT2D eigenvalue weighted by Crippen LogP contribution is -2.10. The van der Waals surface area contributed by atoms with Gasteiger partial charge in [0, 0.05) is 12.2 Å². The molecule has 0 aliphatic heterocycles. The van der Waals surface area contributed by atoms with Crippen molar-refractivity contribution in [1.29, 1.82) is 0 Å². The Morgan fingerprint density at radius 2 is 2.00 bits per heavy atom. The van der Waals surface area contributed by atoms with Crippen molar-refractivity contribution in [2.45, 2.75) is 26.4 Å². The molecule has 20 heavy (non-hydrogen) atoms. The van der Waals surface area contributed by atoms with E-state index in [4.69, 9.17) is 27.9 Å². The smallest absolute Gasteiger partial charge is 0.170 e. The molecule has 0 atom stereocenters. The number of nitrogens with one attached hydrogen (secondary N) is 1. The fourth-order valence-electron chi connectivity index (χ4n) is 1.77. The lowest BCUT2D eigenvalue weighted by molar-refractivity contribution is 0.415. The zero-order valence-corrected chi connectivity index (χ0v) is 12.7. The Morgan fingerprint density at radius 3 is 2.60 bits per heavy atom. The highest BCUT2D eigenvalue weighted by atomic mass is 35.5. The molecule has 0 spiro atoms. The van der Waals surface area contributed by atoms with Crippen LogP contribution in [0.1, 0.15) is 19.2 Å². The average molecular weight is 316 g/mol. The van der Waals surface area contributed by atoms with E-state index in [1.54, 1.807) is 16.8 Å². The van der Waals surface area contributed by atoms with Gasteiger partial charge in [0.15, 0.2) is 11.6 Å². The Bertz CT molecular complexity index is 564. The number of nitrogens with zero attached hydrogens (tertiary/aromatic N) is 4. The molecule has 0 aliphatic rings. The van der Waals surface area contributed by atoms with Crippen LogP contribution in [0.15, 0.2) is 12.1 Å². The predicted octanol–water partition coefficient (Wildman–Crippen LogP) is 3.01. The quantitative estimate of drug-likeness (QED) is 0.887. The number of hydrogen-bond acceptors (Lipinski definition) is 5. The Kier molecular flexibility index (Phi) is 5.03. The van der Waals surface area contributed by atoms with Crippen molar-refractivity contribution in [2.75, 3.05) is 12.4 Å². The van der Waals surface area contributed by atoms with Crippen LogP contribution in [0.3, 0.4) is 0 Å². The minimum atomic E-state index is 0.454. The number of halogens is 2. The second-order valence-corrected chi connectivity index (χ2v) is 4.96. The molecule has 1 aromatic carbocycles. The molecule has 1 heterocycles. The van der Waals surface area contributed by atoms with Crippen LogP contribution in [-0.4, -0.2) is 27.3 Å². The van der Waals surface area contributed by atoms with Crippen LogP contribution in [0.25, 0.3) is 0 Å². The van der Waals surface area contributed by atoms with Gasteiger partial charge in [0.2, 0.25) is 0 Å². The topological polar surface area (TPSA) is 64.9 Å². The van der Waals surface area contributed by atoms with Crippen LogP contribution < -0.4 is 10.1 Å². The summed E-state index contributed by atoms with van der Waals surface area (Å²) in [6.07, 6.45) is 0.970. The summed E-state index contributed by atoms with van der Waals surface area (Å²) in [7, 11) is 1.53. The molecule has 0 amide bonds. The molecule has 1 aromatic heterocycles. The highest BCUT2D eigenvalue weighted by molar-refractivity contribution is 6.37. The number of hydrogen-bond donors (Lipinski definition) is 1. The fourth-order valence-corrected chi connectivity index (χ4v) is 2.41. The number of aryl methyl sites for hydroxylation is 1. The summed E-state index contributed by atoms with van der Waals surface area (Å²) in [5.41, 5.74) is 0.784. The van der Waals surface area contributed by atoms with Crippen LogP contribution in [0, 0.1) is 0 Å². The maximum Gasteiger partial charge on any atom is 0.170 e. The Hall–Kier alpha value is -1.53. The molecular formula is C12H15Cl2N5O. The SMILES string of the molecule is CCCn1nnnc1CNc1cc(Cl)c(OC)c(Cl)c1. The number of rotatable bonds is 6. The van der Waals surface area contributed by atoms with Gasteiger partial charge in [-0.1, -0.05) is 30.1 Å². The minimum absolute atomic E-state index is 0.454. The summed E-state index contributed by atoms with van der Waals surface area (Å²) < 4.78 is 6.87. The van der Waals surface area contributed by atoms with Gasteiger partial charge < -0.3 is 10.1 Å². The van der Waals surface area contributed by atoms with Gasteiger partial charge in [0.05, 0.1) is 23.7 Å². The first-order valence-corrected chi connectivity index (χ1v) is 6.93. The van der Waals surface area contributed by atoms with Gasteiger partial charge in [-0.2, -0.15) is 0 Å². The van der Waals surface area contributed by atoms with Gasteiger partial charge in [0.1, 0.15) is 0 Å². The van der Waals surface area contributed by atoms with Crippen LogP contribution in [0.2, 0.25) is 10.0 Å². The molecule has 1 N–H and O–H groups in total. The summed E-state index contributed by atoms with van der Waals surface area (Å²) in [5.74, 6) is 1.23. The van der Waals surface area contributed by atoms with E-state index < -0.39 is 0 Å². The van der Waals surface area contributed by atoms with E-state index >= 15 is 0 Å². The van der Waals surface area contributed by atoms with Gasteiger partial charge in [0.25, 0.3) is 0 Å². The predicted molar refractivity (Wildman–Crippen MR) is 78.4 cm³/mol. The molecule has 2 aromatic rings. The van der Waals surface area contributed by atoms with Crippen LogP contribution in [0.5, 0.6) is 5.75 Å². The minimum Gasteiger partial charge on any atom is -0.494 e. The average Bonchev–Trinajstić information content (AvgIpc) is 2.84. The van der Waals surface area contributed by atoms with Crippen molar-refractivity contribution in [3.8, 4) is 5.75 Å². The van der Waals surface area contributed by atoms with Crippen molar-refractivity contribution in [3.05, 3.63) is 28.0 Å². The Balaban J connectivity index is 2.09. The zero-order valence-electron chi connectivity index (χ0n) is 11.2. The van der Waals surface area contributed by atoms with Crippen LogP contribution in [-0.2, 0) is 13.1 Å². The van der Waals surface area contributed by atoms with Crippen molar-refractivity contribution in [1.82, 2.24) is 20.2 Å². The first-order valence-electron chi connectivity index (χ1n) is 6.17. The molecule has 6 nitrogen and oxygen atoms in total. The van der Waals surface area contributed by atoms with Gasteiger partial charge in [-0.15, -0.1) is 5.10 Å². The number of tetrazole rings is 1. The summed E-state index contributed by atoms with van der Waals surface area (Å²) >= 11 is 12.2. The number of aromatic nitrogens is 4. The molecule has 0 aliphatic carbocycles. The van der Waals surface area contributed by atoms with Crippen molar-refractivity contribution < 1.29 is 4.74 Å². The number of methoxy groups -OCH3 is 1. The van der Waals surface area contributed by atoms with E-state index in [9.17, 15) is 0 Å². The number of ether oxygens (including phenoxy) is 1. The van der Waals surface area contributed by atoms with E-state index in [-0.39, 0.29) is 0 Å². The normalized spacial score (nSPS) is 10.6. The summed E-state index contributed by atoms with van der Waals surface area (Å²) in [6, 6.07) is 3.50. The standard InChI is InChI=1S/C12H15Cl2N5O/c1-3-4-19-11(16-17-18-19)7-15-8-5-9(13)12(20-2)10(14)6-8/h5-6,15H,3-4,7H2,1-2H3. The van der Waals surface area contributed by atoms with Crippen molar-refractivity contribution >= 4 is 28.9 Å². The molecule has 0 unspecified atom stereocenters. The zero-order chi connectivity index (χ0) is 14.5. The molecule has 0 saturated carbocycles. The van der Waals surface area contributed by atoms with Gasteiger partial charge >= 0.3 is 0 Å². The van der Waals surface area contributed by atoms with Crippen molar-refractivity contribution in [3.63, 3.8) is 0 Å². The third-order valence-electron chi connectivity index (χ3n) is 2.69. The molecule has 2 rings (SSSR count). The van der Waals surface area contributed by atoms with E-state index in [2.05, 4.69) is 27.8 Å². The third kappa shape index (κ3) is 3.32. The lowest BCUT2D eigenvalue weighted by Gasteiger charge is -2.10. The molecule has 0 radical (unpaired) electrons. The summed E-state index contributed by atoms with van der Waals surface area (Å²) in [5, 5.41) is 15.7. The molecule has 0 fully saturated rings. The highest BCUT2D eigenvalue weighted by Gasteiger charge is 2.10. The van der Waals surface area contributed by atoms with Gasteiger partial charge in [-0.3, -0.25) is 0 Å². The Labute approximate surface area is 127 Å². The first-order chi connectivity index (χ1) is 9.65. The van der Waals surface area contributed by atoms with Crippen LogP contribution in [0.4, 0.5) is 5.69 Å².